The first-order valence-corrected chi connectivity index (χ1v) is 11.3. The van der Waals surface area contributed by atoms with Crippen molar-refractivity contribution in [3.05, 3.63) is 58.6 Å². The Labute approximate surface area is 204 Å². The Balaban J connectivity index is 0.000000502. The summed E-state index contributed by atoms with van der Waals surface area (Å²) in [5, 5.41) is 10.9. The zero-order chi connectivity index (χ0) is 25.0. The first-order valence-electron chi connectivity index (χ1n) is 10.5. The monoisotopic (exact) mass is 524 g/mol. The molecule has 0 unspecified atom stereocenters. The van der Waals surface area contributed by atoms with E-state index < -0.39 is 17.5 Å². The Hall–Kier alpha value is -2.58. The van der Waals surface area contributed by atoms with E-state index in [-0.39, 0.29) is 25.0 Å². The molecule has 7 nitrogen and oxygen atoms in total. The third-order valence-corrected chi connectivity index (χ3v) is 5.05. The Morgan fingerprint density at radius 2 is 1.15 bits per heavy atom. The summed E-state index contributed by atoms with van der Waals surface area (Å²) in [6.45, 7) is 6.20. The first kappa shape index (κ1) is 28.5. The van der Waals surface area contributed by atoms with E-state index in [9.17, 15) is 14.7 Å². The van der Waals surface area contributed by atoms with Crippen molar-refractivity contribution in [1.82, 2.24) is 0 Å². The molecule has 0 saturated heterocycles. The van der Waals surface area contributed by atoms with E-state index >= 15 is 0 Å². The van der Waals surface area contributed by atoms with Crippen molar-refractivity contribution in [2.45, 2.75) is 33.3 Å². The first-order chi connectivity index (χ1) is 15.5. The average Bonchev–Trinajstić information content (AvgIpc) is 2.81. The summed E-state index contributed by atoms with van der Waals surface area (Å²) in [7, 11) is 3.19. The van der Waals surface area contributed by atoms with Crippen LogP contribution in [0.2, 0.25) is 0 Å². The molecule has 0 atom stereocenters. The molecule has 0 amide bonds. The van der Waals surface area contributed by atoms with Crippen LogP contribution in [0.4, 0.5) is 0 Å². The Morgan fingerprint density at radius 1 is 0.788 bits per heavy atom. The maximum atomic E-state index is 11.7. The number of hydrogen-bond acceptors (Lipinski definition) is 7. The molecule has 0 aliphatic rings. The standard InChI is InChI=1S/C18H26O6.C7H7BrO/c1-12(2)16(19)23-10-18(21,11-24-17(20)13(3)4)14-6-8-15(22-5)9-7-14;1-9-7-4-2-6(8)3-5-7/h6-9,12-13,21H,10-11H2,1-5H3;2-5H,1H3. The summed E-state index contributed by atoms with van der Waals surface area (Å²) in [6.07, 6.45) is 0. The summed E-state index contributed by atoms with van der Waals surface area (Å²) in [5.41, 5.74) is -1.15. The third kappa shape index (κ3) is 9.84. The number of ether oxygens (including phenoxy) is 4. The lowest BCUT2D eigenvalue weighted by Crippen LogP contribution is -2.39. The van der Waals surface area contributed by atoms with E-state index in [1.54, 1.807) is 59.1 Å². The molecule has 33 heavy (non-hydrogen) atoms. The molecule has 1 N–H and O–H groups in total. The maximum absolute atomic E-state index is 11.7. The van der Waals surface area contributed by atoms with Gasteiger partial charge in [-0.3, -0.25) is 9.59 Å². The molecule has 0 heterocycles. The van der Waals surface area contributed by atoms with Gasteiger partial charge in [-0.15, -0.1) is 0 Å². The van der Waals surface area contributed by atoms with Crippen molar-refractivity contribution in [3.8, 4) is 11.5 Å². The molecule has 0 saturated carbocycles. The van der Waals surface area contributed by atoms with E-state index in [1.807, 2.05) is 24.3 Å². The van der Waals surface area contributed by atoms with Gasteiger partial charge in [0.1, 0.15) is 24.7 Å². The van der Waals surface area contributed by atoms with Gasteiger partial charge in [0, 0.05) is 4.47 Å². The summed E-state index contributed by atoms with van der Waals surface area (Å²) < 4.78 is 21.4. The van der Waals surface area contributed by atoms with Gasteiger partial charge >= 0.3 is 11.9 Å². The van der Waals surface area contributed by atoms with Crippen LogP contribution in [0, 0.1) is 11.8 Å². The lowest BCUT2D eigenvalue weighted by Gasteiger charge is -2.28. The van der Waals surface area contributed by atoms with E-state index in [0.29, 0.717) is 11.3 Å². The fourth-order valence-electron chi connectivity index (χ4n) is 2.39. The highest BCUT2D eigenvalue weighted by atomic mass is 79.9. The molecule has 0 fully saturated rings. The van der Waals surface area contributed by atoms with Crippen LogP contribution in [-0.2, 0) is 24.7 Å². The normalized spacial score (nSPS) is 10.8. The predicted molar refractivity (Wildman–Crippen MR) is 129 cm³/mol. The van der Waals surface area contributed by atoms with Crippen molar-refractivity contribution < 1.29 is 33.6 Å². The van der Waals surface area contributed by atoms with Crippen LogP contribution < -0.4 is 9.47 Å². The van der Waals surface area contributed by atoms with Gasteiger partial charge in [-0.2, -0.15) is 0 Å². The van der Waals surface area contributed by atoms with E-state index in [2.05, 4.69) is 15.9 Å². The molecule has 0 aliphatic heterocycles. The number of esters is 2. The molecule has 2 aromatic rings. The summed E-state index contributed by atoms with van der Waals surface area (Å²) in [4.78, 5) is 23.4. The summed E-state index contributed by atoms with van der Waals surface area (Å²) in [6, 6.07) is 14.3. The van der Waals surface area contributed by atoms with Crippen molar-refractivity contribution in [2.75, 3.05) is 27.4 Å². The number of rotatable bonds is 9. The minimum atomic E-state index is -1.62. The van der Waals surface area contributed by atoms with Crippen LogP contribution in [0.5, 0.6) is 11.5 Å². The molecular weight excluding hydrogens is 492 g/mol. The number of methoxy groups -OCH3 is 2. The van der Waals surface area contributed by atoms with Crippen LogP contribution in [0.15, 0.2) is 53.0 Å². The molecule has 182 valence electrons. The molecule has 0 radical (unpaired) electrons. The van der Waals surface area contributed by atoms with Gasteiger partial charge < -0.3 is 24.1 Å². The van der Waals surface area contributed by atoms with Crippen molar-refractivity contribution in [3.63, 3.8) is 0 Å². The SMILES string of the molecule is COc1ccc(Br)cc1.COc1ccc(C(O)(COC(=O)C(C)C)COC(=O)C(C)C)cc1. The Kier molecular flexibility index (Phi) is 11.9. The molecule has 2 rings (SSSR count). The highest BCUT2D eigenvalue weighted by Gasteiger charge is 2.34. The third-order valence-electron chi connectivity index (χ3n) is 4.53. The van der Waals surface area contributed by atoms with Gasteiger partial charge in [0.15, 0.2) is 5.60 Å². The van der Waals surface area contributed by atoms with Crippen LogP contribution in [0.1, 0.15) is 33.3 Å². The minimum absolute atomic E-state index is 0.304. The second-order valence-electron chi connectivity index (χ2n) is 7.94. The van der Waals surface area contributed by atoms with Crippen molar-refractivity contribution >= 4 is 27.9 Å². The molecule has 0 aromatic heterocycles. The molecule has 2 aromatic carbocycles. The topological polar surface area (TPSA) is 91.3 Å². The summed E-state index contributed by atoms with van der Waals surface area (Å²) in [5.74, 6) is 0.0126. The summed E-state index contributed by atoms with van der Waals surface area (Å²) >= 11 is 3.32. The lowest BCUT2D eigenvalue weighted by atomic mass is 9.95. The van der Waals surface area contributed by atoms with Crippen molar-refractivity contribution in [2.24, 2.45) is 11.8 Å². The second kappa shape index (κ2) is 13.9. The van der Waals surface area contributed by atoms with E-state index in [4.69, 9.17) is 18.9 Å². The smallest absolute Gasteiger partial charge is 0.308 e. The highest BCUT2D eigenvalue weighted by Crippen LogP contribution is 2.25. The van der Waals surface area contributed by atoms with Gasteiger partial charge in [-0.05, 0) is 42.0 Å². The Morgan fingerprint density at radius 3 is 1.48 bits per heavy atom. The quantitative estimate of drug-likeness (QED) is 0.473. The molecule has 8 heteroatoms. The van der Waals surface area contributed by atoms with Gasteiger partial charge in [0.25, 0.3) is 0 Å². The fraction of sp³-hybridized carbons (Fsp3) is 0.440. The van der Waals surface area contributed by atoms with Crippen molar-refractivity contribution in [1.29, 1.82) is 0 Å². The van der Waals surface area contributed by atoms with Gasteiger partial charge in [0.05, 0.1) is 26.1 Å². The van der Waals surface area contributed by atoms with Gasteiger partial charge in [-0.25, -0.2) is 0 Å². The number of hydrogen-bond donors (Lipinski definition) is 1. The number of aliphatic hydroxyl groups is 1. The lowest BCUT2D eigenvalue weighted by molar-refractivity contribution is -0.168. The van der Waals surface area contributed by atoms with Crippen LogP contribution in [0.25, 0.3) is 0 Å². The molecule has 0 spiro atoms. The largest absolute Gasteiger partial charge is 0.497 e. The van der Waals surface area contributed by atoms with Gasteiger partial charge in [0.2, 0.25) is 0 Å². The van der Waals surface area contributed by atoms with Crippen LogP contribution in [-0.4, -0.2) is 44.5 Å². The zero-order valence-electron chi connectivity index (χ0n) is 20.0. The van der Waals surface area contributed by atoms with Crippen LogP contribution >= 0.6 is 15.9 Å². The number of halogens is 1. The predicted octanol–water partition coefficient (Wildman–Crippen LogP) is 4.74. The van der Waals surface area contributed by atoms with Gasteiger partial charge in [-0.1, -0.05) is 55.8 Å². The molecule has 0 aliphatic carbocycles. The number of carbonyl (C=O) groups excluding carboxylic acids is 2. The number of carbonyl (C=O) groups is 2. The zero-order valence-corrected chi connectivity index (χ0v) is 21.5. The Bertz CT molecular complexity index is 837. The maximum Gasteiger partial charge on any atom is 0.308 e. The molecule has 0 bridgehead atoms. The van der Waals surface area contributed by atoms with E-state index in [1.165, 1.54) is 7.11 Å². The highest BCUT2D eigenvalue weighted by molar-refractivity contribution is 9.10. The molecular formula is C25H33BrO7. The number of benzene rings is 2. The van der Waals surface area contributed by atoms with E-state index in [0.717, 1.165) is 10.2 Å². The van der Waals surface area contributed by atoms with Crippen LogP contribution in [0.3, 0.4) is 0 Å². The second-order valence-corrected chi connectivity index (χ2v) is 8.86. The average molecular weight is 525 g/mol. The fourth-order valence-corrected chi connectivity index (χ4v) is 2.66. The minimum Gasteiger partial charge on any atom is -0.497 e.